The van der Waals surface area contributed by atoms with Gasteiger partial charge in [0.1, 0.15) is 5.01 Å². The summed E-state index contributed by atoms with van der Waals surface area (Å²) in [6.45, 7) is 4.12. The number of carbonyl (C=O) groups excluding carboxylic acids is 1. The van der Waals surface area contributed by atoms with Gasteiger partial charge in [0.25, 0.3) is 5.56 Å². The molecular formula is C21H25N5O2S. The molecule has 1 amide bonds. The van der Waals surface area contributed by atoms with Crippen molar-refractivity contribution >= 4 is 33.1 Å². The molecule has 3 aromatic rings. The van der Waals surface area contributed by atoms with Gasteiger partial charge in [0.05, 0.1) is 17.0 Å². The smallest absolute Gasteiger partial charge is 0.274 e. The van der Waals surface area contributed by atoms with Crippen molar-refractivity contribution < 1.29 is 4.79 Å². The molecule has 29 heavy (non-hydrogen) atoms. The minimum atomic E-state index is -0.527. The first-order chi connectivity index (χ1) is 14.1. The van der Waals surface area contributed by atoms with E-state index in [9.17, 15) is 9.59 Å². The van der Waals surface area contributed by atoms with Gasteiger partial charge >= 0.3 is 0 Å². The number of rotatable bonds is 5. The van der Waals surface area contributed by atoms with Crippen LogP contribution in [0.3, 0.4) is 0 Å². The lowest BCUT2D eigenvalue weighted by Crippen LogP contribution is -2.27. The zero-order valence-electron chi connectivity index (χ0n) is 16.7. The number of hydrogen-bond donors (Lipinski definition) is 1. The van der Waals surface area contributed by atoms with Crippen LogP contribution in [0.2, 0.25) is 0 Å². The van der Waals surface area contributed by atoms with Crippen LogP contribution < -0.4 is 10.9 Å². The van der Waals surface area contributed by atoms with E-state index in [2.05, 4.69) is 20.6 Å². The number of aryl methyl sites for hydroxylation is 1. The van der Waals surface area contributed by atoms with Gasteiger partial charge in [0.2, 0.25) is 11.0 Å². The van der Waals surface area contributed by atoms with Crippen LogP contribution in [-0.4, -0.2) is 25.9 Å². The molecule has 0 unspecified atom stereocenters. The van der Waals surface area contributed by atoms with E-state index < -0.39 is 5.92 Å². The Bertz CT molecular complexity index is 1080. The molecule has 0 aliphatic heterocycles. The summed E-state index contributed by atoms with van der Waals surface area (Å²) in [7, 11) is 0. The molecule has 0 bridgehead atoms. The lowest BCUT2D eigenvalue weighted by Gasteiger charge is -2.18. The molecule has 1 N–H and O–H groups in total. The van der Waals surface area contributed by atoms with Gasteiger partial charge < -0.3 is 0 Å². The average molecular weight is 412 g/mol. The van der Waals surface area contributed by atoms with Gasteiger partial charge in [-0.1, -0.05) is 48.8 Å². The lowest BCUT2D eigenvalue weighted by atomic mass is 9.90. The molecule has 0 spiro atoms. The molecule has 1 atom stereocenters. The SMILES string of the molecule is CCn1nc([C@@H](C)C(=O)Nc2nnc(C3CCCCC3)s2)c2ccccc2c1=O. The van der Waals surface area contributed by atoms with E-state index in [0.29, 0.717) is 34.1 Å². The van der Waals surface area contributed by atoms with Crippen molar-refractivity contribution in [3.05, 3.63) is 45.3 Å². The summed E-state index contributed by atoms with van der Waals surface area (Å²) in [4.78, 5) is 25.5. The number of aromatic nitrogens is 4. The number of benzene rings is 1. The lowest BCUT2D eigenvalue weighted by molar-refractivity contribution is -0.117. The number of nitrogens with one attached hydrogen (secondary N) is 1. The van der Waals surface area contributed by atoms with Crippen LogP contribution in [-0.2, 0) is 11.3 Å². The van der Waals surface area contributed by atoms with Gasteiger partial charge in [-0.3, -0.25) is 14.9 Å². The monoisotopic (exact) mass is 411 g/mol. The molecule has 0 radical (unpaired) electrons. The van der Waals surface area contributed by atoms with E-state index in [1.807, 2.05) is 25.1 Å². The molecule has 4 rings (SSSR count). The highest BCUT2D eigenvalue weighted by molar-refractivity contribution is 7.15. The second kappa shape index (κ2) is 8.41. The third kappa shape index (κ3) is 3.94. The van der Waals surface area contributed by atoms with E-state index >= 15 is 0 Å². The fourth-order valence-corrected chi connectivity index (χ4v) is 4.85. The van der Waals surface area contributed by atoms with Crippen LogP contribution >= 0.6 is 11.3 Å². The van der Waals surface area contributed by atoms with Gasteiger partial charge in [-0.05, 0) is 32.8 Å². The largest absolute Gasteiger partial charge is 0.300 e. The summed E-state index contributed by atoms with van der Waals surface area (Å²) in [5, 5.41) is 18.7. The molecule has 152 valence electrons. The molecule has 1 saturated carbocycles. The van der Waals surface area contributed by atoms with Crippen LogP contribution in [0.5, 0.6) is 0 Å². The van der Waals surface area contributed by atoms with E-state index in [0.717, 1.165) is 17.8 Å². The maximum absolute atomic E-state index is 12.9. The fourth-order valence-electron chi connectivity index (χ4n) is 3.93. The van der Waals surface area contributed by atoms with Gasteiger partial charge in [0, 0.05) is 17.8 Å². The van der Waals surface area contributed by atoms with Crippen molar-refractivity contribution in [2.75, 3.05) is 5.32 Å². The summed E-state index contributed by atoms with van der Waals surface area (Å²) in [5.74, 6) is -0.265. The van der Waals surface area contributed by atoms with Crippen molar-refractivity contribution in [2.45, 2.75) is 64.3 Å². The van der Waals surface area contributed by atoms with Crippen molar-refractivity contribution in [1.29, 1.82) is 0 Å². The number of nitrogens with zero attached hydrogens (tertiary/aromatic N) is 4. The predicted molar refractivity (Wildman–Crippen MR) is 114 cm³/mol. The average Bonchev–Trinajstić information content (AvgIpc) is 3.23. The van der Waals surface area contributed by atoms with Crippen LogP contribution in [0.25, 0.3) is 10.8 Å². The van der Waals surface area contributed by atoms with Gasteiger partial charge in [-0.25, -0.2) is 4.68 Å². The maximum atomic E-state index is 12.9. The summed E-state index contributed by atoms with van der Waals surface area (Å²) < 4.78 is 1.41. The summed E-state index contributed by atoms with van der Waals surface area (Å²) >= 11 is 1.46. The second-order valence-corrected chi connectivity index (χ2v) is 8.55. The molecule has 2 heterocycles. The first kappa shape index (κ1) is 19.7. The summed E-state index contributed by atoms with van der Waals surface area (Å²) in [6.07, 6.45) is 6.04. The highest BCUT2D eigenvalue weighted by Gasteiger charge is 2.24. The zero-order chi connectivity index (χ0) is 20.4. The highest BCUT2D eigenvalue weighted by Crippen LogP contribution is 2.35. The standard InChI is InChI=1S/C21H25N5O2S/c1-3-26-20(28)16-12-8-7-11-15(16)17(25-26)13(2)18(27)22-21-24-23-19(29-21)14-9-5-4-6-10-14/h7-8,11-14H,3-6,9-10H2,1-2H3,(H,22,24,27)/t13-/m1/s1. The Morgan fingerprint density at radius 2 is 1.93 bits per heavy atom. The molecule has 1 fully saturated rings. The first-order valence-electron chi connectivity index (χ1n) is 10.2. The van der Waals surface area contributed by atoms with E-state index in [1.165, 1.54) is 35.3 Å². The number of anilines is 1. The number of carbonyl (C=O) groups is 1. The van der Waals surface area contributed by atoms with Crippen LogP contribution in [0.15, 0.2) is 29.1 Å². The minimum absolute atomic E-state index is 0.138. The Hall–Kier alpha value is -2.61. The van der Waals surface area contributed by atoms with Crippen LogP contribution in [0, 0.1) is 0 Å². The van der Waals surface area contributed by atoms with Gasteiger partial charge in [0.15, 0.2) is 0 Å². The maximum Gasteiger partial charge on any atom is 0.274 e. The van der Waals surface area contributed by atoms with Crippen molar-refractivity contribution in [2.24, 2.45) is 0 Å². The molecule has 8 heteroatoms. The topological polar surface area (TPSA) is 89.8 Å². The van der Waals surface area contributed by atoms with Gasteiger partial charge in [-0.15, -0.1) is 10.2 Å². The van der Waals surface area contributed by atoms with E-state index in [4.69, 9.17) is 0 Å². The first-order valence-corrected chi connectivity index (χ1v) is 11.0. The molecule has 1 aromatic carbocycles. The molecule has 7 nitrogen and oxygen atoms in total. The summed E-state index contributed by atoms with van der Waals surface area (Å²) in [6, 6.07) is 7.30. The number of amides is 1. The van der Waals surface area contributed by atoms with E-state index in [-0.39, 0.29) is 11.5 Å². The Balaban J connectivity index is 1.58. The number of hydrogen-bond acceptors (Lipinski definition) is 6. The highest BCUT2D eigenvalue weighted by atomic mass is 32.1. The Labute approximate surface area is 173 Å². The fraction of sp³-hybridized carbons (Fsp3) is 0.476. The predicted octanol–water partition coefficient (Wildman–Crippen LogP) is 4.06. The number of fused-ring (bicyclic) bond motifs is 1. The minimum Gasteiger partial charge on any atom is -0.300 e. The normalized spacial score (nSPS) is 16.1. The van der Waals surface area contributed by atoms with Crippen molar-refractivity contribution in [1.82, 2.24) is 20.0 Å². The zero-order valence-corrected chi connectivity index (χ0v) is 17.5. The molecule has 2 aromatic heterocycles. The molecule has 0 saturated heterocycles. The van der Waals surface area contributed by atoms with Crippen molar-refractivity contribution in [3.8, 4) is 0 Å². The van der Waals surface area contributed by atoms with Crippen LogP contribution in [0.1, 0.15) is 68.5 Å². The molecule has 1 aliphatic rings. The Kier molecular flexibility index (Phi) is 5.71. The van der Waals surface area contributed by atoms with Gasteiger partial charge in [-0.2, -0.15) is 5.10 Å². The van der Waals surface area contributed by atoms with E-state index in [1.54, 1.807) is 13.0 Å². The third-order valence-electron chi connectivity index (χ3n) is 5.62. The second-order valence-electron chi connectivity index (χ2n) is 7.54. The molecule has 1 aliphatic carbocycles. The molecular weight excluding hydrogens is 386 g/mol. The Morgan fingerprint density at radius 3 is 2.66 bits per heavy atom. The Morgan fingerprint density at radius 1 is 1.21 bits per heavy atom. The van der Waals surface area contributed by atoms with Crippen LogP contribution in [0.4, 0.5) is 5.13 Å². The van der Waals surface area contributed by atoms with Crippen molar-refractivity contribution in [3.63, 3.8) is 0 Å². The third-order valence-corrected chi connectivity index (χ3v) is 6.63. The summed E-state index contributed by atoms with van der Waals surface area (Å²) in [5.41, 5.74) is 0.456. The quantitative estimate of drug-likeness (QED) is 0.684.